The minimum atomic E-state index is -0.215. The highest BCUT2D eigenvalue weighted by molar-refractivity contribution is 6.30. The molecule has 0 radical (unpaired) electrons. The van der Waals surface area contributed by atoms with Crippen LogP contribution in [0.1, 0.15) is 18.4 Å². The van der Waals surface area contributed by atoms with E-state index in [2.05, 4.69) is 10.6 Å². The van der Waals surface area contributed by atoms with Gasteiger partial charge in [-0.05, 0) is 67.6 Å². The summed E-state index contributed by atoms with van der Waals surface area (Å²) in [7, 11) is 1.72. The molecule has 0 unspecified atom stereocenters. The van der Waals surface area contributed by atoms with Crippen LogP contribution in [0, 0.1) is 11.7 Å². The van der Waals surface area contributed by atoms with Crippen molar-refractivity contribution >= 4 is 23.3 Å². The van der Waals surface area contributed by atoms with Gasteiger partial charge in [-0.2, -0.15) is 0 Å². The molecule has 138 valence electrons. The summed E-state index contributed by atoms with van der Waals surface area (Å²) in [6.45, 7) is 0.845. The van der Waals surface area contributed by atoms with E-state index in [4.69, 9.17) is 11.6 Å². The van der Waals surface area contributed by atoms with Gasteiger partial charge in [0.05, 0.1) is 6.17 Å². The Labute approximate surface area is 158 Å². The third-order valence-electron chi connectivity index (χ3n) is 4.75. The Kier molecular flexibility index (Phi) is 6.12. The molecular formula is C20H23ClFN3O. The van der Waals surface area contributed by atoms with Gasteiger partial charge in [-0.15, -0.1) is 0 Å². The Balaban J connectivity index is 1.55. The SMILES string of the molecule is CN(C(=O)N[C@@H]1C[C@@H](Cc2ccc(F)cc2)CCN1)c1cccc(Cl)c1. The summed E-state index contributed by atoms with van der Waals surface area (Å²) in [6, 6.07) is 13.7. The van der Waals surface area contributed by atoms with Crippen LogP contribution in [0.5, 0.6) is 0 Å². The van der Waals surface area contributed by atoms with Gasteiger partial charge in [-0.25, -0.2) is 9.18 Å². The lowest BCUT2D eigenvalue weighted by molar-refractivity contribution is 0.226. The van der Waals surface area contributed by atoms with Gasteiger partial charge in [0.25, 0.3) is 0 Å². The van der Waals surface area contributed by atoms with Crippen molar-refractivity contribution in [1.29, 1.82) is 0 Å². The zero-order valence-electron chi connectivity index (χ0n) is 14.7. The van der Waals surface area contributed by atoms with Gasteiger partial charge in [-0.1, -0.05) is 29.8 Å². The summed E-state index contributed by atoms with van der Waals surface area (Å²) in [5.74, 6) is 0.233. The first-order valence-corrected chi connectivity index (χ1v) is 9.16. The molecule has 0 spiro atoms. The van der Waals surface area contributed by atoms with Crippen LogP contribution in [0.25, 0.3) is 0 Å². The molecule has 6 heteroatoms. The standard InChI is InChI=1S/C20H23ClFN3O/c1-25(18-4-2-3-16(21)13-18)20(26)24-19-12-15(9-10-23-19)11-14-5-7-17(22)8-6-14/h2-8,13,15,19,23H,9-12H2,1H3,(H,24,26)/t15-,19-/m1/s1. The quantitative estimate of drug-likeness (QED) is 0.841. The molecule has 4 nitrogen and oxygen atoms in total. The lowest BCUT2D eigenvalue weighted by Crippen LogP contribution is -2.53. The molecule has 0 aromatic heterocycles. The molecule has 3 rings (SSSR count). The van der Waals surface area contributed by atoms with Crippen LogP contribution in [0.15, 0.2) is 48.5 Å². The van der Waals surface area contributed by atoms with Crippen LogP contribution in [0.4, 0.5) is 14.9 Å². The van der Waals surface area contributed by atoms with E-state index < -0.39 is 0 Å². The van der Waals surface area contributed by atoms with Crippen molar-refractivity contribution in [1.82, 2.24) is 10.6 Å². The van der Waals surface area contributed by atoms with Crippen LogP contribution in [0.2, 0.25) is 5.02 Å². The molecule has 1 heterocycles. The number of piperidine rings is 1. The second-order valence-corrected chi connectivity index (χ2v) is 7.15. The maximum absolute atomic E-state index is 13.0. The average molecular weight is 376 g/mol. The van der Waals surface area contributed by atoms with Crippen LogP contribution in [-0.4, -0.2) is 25.8 Å². The van der Waals surface area contributed by atoms with E-state index in [0.717, 1.165) is 37.1 Å². The number of rotatable bonds is 4. The summed E-state index contributed by atoms with van der Waals surface area (Å²) < 4.78 is 13.0. The van der Waals surface area contributed by atoms with Crippen LogP contribution in [0.3, 0.4) is 0 Å². The van der Waals surface area contributed by atoms with E-state index in [1.165, 1.54) is 12.1 Å². The Morgan fingerprint density at radius 2 is 2.08 bits per heavy atom. The number of hydrogen-bond donors (Lipinski definition) is 2. The van der Waals surface area contributed by atoms with Crippen molar-refractivity contribution in [2.75, 3.05) is 18.5 Å². The maximum Gasteiger partial charge on any atom is 0.322 e. The Morgan fingerprint density at radius 1 is 1.31 bits per heavy atom. The molecule has 0 saturated carbocycles. The number of nitrogens with one attached hydrogen (secondary N) is 2. The Bertz CT molecular complexity index is 753. The number of urea groups is 1. The summed E-state index contributed by atoms with van der Waals surface area (Å²) in [5.41, 5.74) is 1.87. The highest BCUT2D eigenvalue weighted by Gasteiger charge is 2.24. The van der Waals surface area contributed by atoms with Gasteiger partial charge in [0.2, 0.25) is 0 Å². The molecule has 0 aliphatic carbocycles. The lowest BCUT2D eigenvalue weighted by atomic mass is 9.89. The molecule has 2 aromatic rings. The topological polar surface area (TPSA) is 44.4 Å². The molecule has 0 bridgehead atoms. The van der Waals surface area contributed by atoms with E-state index in [9.17, 15) is 9.18 Å². The Morgan fingerprint density at radius 3 is 2.81 bits per heavy atom. The van der Waals surface area contributed by atoms with Crippen LogP contribution < -0.4 is 15.5 Å². The van der Waals surface area contributed by atoms with Crippen molar-refractivity contribution in [3.05, 3.63) is 64.9 Å². The normalized spacial score (nSPS) is 19.8. The van der Waals surface area contributed by atoms with E-state index in [1.54, 1.807) is 24.1 Å². The number of carbonyl (C=O) groups excluding carboxylic acids is 1. The number of nitrogens with zero attached hydrogens (tertiary/aromatic N) is 1. The molecule has 26 heavy (non-hydrogen) atoms. The maximum atomic E-state index is 13.0. The fraction of sp³-hybridized carbons (Fsp3) is 0.350. The van der Waals surface area contributed by atoms with Gasteiger partial charge in [0, 0.05) is 17.8 Å². The third kappa shape index (κ3) is 4.96. The van der Waals surface area contributed by atoms with Crippen molar-refractivity contribution in [2.45, 2.75) is 25.4 Å². The van der Waals surface area contributed by atoms with Gasteiger partial charge in [-0.3, -0.25) is 10.2 Å². The number of amides is 2. The number of halogens is 2. The first-order valence-electron chi connectivity index (χ1n) is 8.79. The van der Waals surface area contributed by atoms with Crippen molar-refractivity contribution in [3.8, 4) is 0 Å². The third-order valence-corrected chi connectivity index (χ3v) is 4.98. The first kappa shape index (κ1) is 18.7. The van der Waals surface area contributed by atoms with Gasteiger partial charge in [0.1, 0.15) is 5.82 Å². The molecular weight excluding hydrogens is 353 g/mol. The summed E-state index contributed by atoms with van der Waals surface area (Å²) in [4.78, 5) is 14.1. The van der Waals surface area contributed by atoms with E-state index >= 15 is 0 Å². The zero-order valence-corrected chi connectivity index (χ0v) is 15.5. The van der Waals surface area contributed by atoms with E-state index in [1.807, 2.05) is 24.3 Å². The highest BCUT2D eigenvalue weighted by Crippen LogP contribution is 2.22. The second-order valence-electron chi connectivity index (χ2n) is 6.72. The smallest absolute Gasteiger partial charge is 0.322 e. The number of benzene rings is 2. The van der Waals surface area contributed by atoms with Crippen molar-refractivity contribution in [3.63, 3.8) is 0 Å². The molecule has 1 saturated heterocycles. The first-order chi connectivity index (χ1) is 12.5. The largest absolute Gasteiger partial charge is 0.322 e. The molecule has 1 fully saturated rings. The van der Waals surface area contributed by atoms with Gasteiger partial charge in [0.15, 0.2) is 0 Å². The molecule has 2 amide bonds. The molecule has 1 aliphatic heterocycles. The summed E-state index contributed by atoms with van der Waals surface area (Å²) in [5, 5.41) is 6.98. The molecule has 2 atom stereocenters. The average Bonchev–Trinajstić information content (AvgIpc) is 2.63. The highest BCUT2D eigenvalue weighted by atomic mass is 35.5. The fourth-order valence-corrected chi connectivity index (χ4v) is 3.48. The summed E-state index contributed by atoms with van der Waals surface area (Å²) in [6.07, 6.45) is 2.68. The zero-order chi connectivity index (χ0) is 18.5. The Hall–Kier alpha value is -2.11. The molecule has 2 N–H and O–H groups in total. The number of anilines is 1. The van der Waals surface area contributed by atoms with Crippen molar-refractivity contribution < 1.29 is 9.18 Å². The molecule has 1 aliphatic rings. The number of carbonyl (C=O) groups is 1. The monoisotopic (exact) mass is 375 g/mol. The minimum Gasteiger partial charge on any atom is -0.322 e. The predicted octanol–water partition coefficient (Wildman–Crippen LogP) is 4.19. The van der Waals surface area contributed by atoms with Gasteiger partial charge < -0.3 is 5.32 Å². The minimum absolute atomic E-state index is 0.0802. The number of hydrogen-bond acceptors (Lipinski definition) is 2. The van der Waals surface area contributed by atoms with E-state index in [-0.39, 0.29) is 18.0 Å². The van der Waals surface area contributed by atoms with Crippen LogP contribution in [-0.2, 0) is 6.42 Å². The van der Waals surface area contributed by atoms with Crippen LogP contribution >= 0.6 is 11.6 Å². The van der Waals surface area contributed by atoms with Gasteiger partial charge >= 0.3 is 6.03 Å². The second kappa shape index (κ2) is 8.52. The van der Waals surface area contributed by atoms with E-state index in [0.29, 0.717) is 10.9 Å². The van der Waals surface area contributed by atoms with Crippen molar-refractivity contribution in [2.24, 2.45) is 5.92 Å². The molecule has 2 aromatic carbocycles. The predicted molar refractivity (Wildman–Crippen MR) is 103 cm³/mol. The summed E-state index contributed by atoms with van der Waals surface area (Å²) >= 11 is 6.00. The fourth-order valence-electron chi connectivity index (χ4n) is 3.29. The lowest BCUT2D eigenvalue weighted by Gasteiger charge is -2.32.